The van der Waals surface area contributed by atoms with E-state index in [9.17, 15) is 0 Å². The molecule has 0 aliphatic heterocycles. The number of aryl methyl sites for hydroxylation is 1. The van der Waals surface area contributed by atoms with E-state index >= 15 is 0 Å². The molecular weight excluding hydrogens is 242 g/mol. The van der Waals surface area contributed by atoms with Gasteiger partial charge in [-0.25, -0.2) is 0 Å². The largest absolute Gasteiger partial charge is 0.383 e. The number of aromatic nitrogens is 2. The van der Waals surface area contributed by atoms with E-state index < -0.39 is 0 Å². The Morgan fingerprint density at radius 3 is 2.89 bits per heavy atom. The third-order valence-corrected chi connectivity index (χ3v) is 2.95. The maximum atomic E-state index is 5.55. The van der Waals surface area contributed by atoms with Crippen LogP contribution >= 0.6 is 0 Å². The molecular formula is C14H27N3O2. The molecule has 0 amide bonds. The highest BCUT2D eigenvalue weighted by atomic mass is 16.5. The van der Waals surface area contributed by atoms with Gasteiger partial charge in [-0.05, 0) is 13.3 Å². The molecule has 0 atom stereocenters. The number of rotatable bonds is 11. The second-order valence-electron chi connectivity index (χ2n) is 4.64. The average Bonchev–Trinajstić information content (AvgIpc) is 2.75. The van der Waals surface area contributed by atoms with Crippen molar-refractivity contribution >= 4 is 0 Å². The van der Waals surface area contributed by atoms with Gasteiger partial charge in [-0.1, -0.05) is 13.3 Å². The summed E-state index contributed by atoms with van der Waals surface area (Å²) in [6.07, 6.45) is 4.41. The summed E-state index contributed by atoms with van der Waals surface area (Å²) in [6.45, 7) is 9.05. The van der Waals surface area contributed by atoms with Crippen LogP contribution in [0.1, 0.15) is 31.0 Å². The highest BCUT2D eigenvalue weighted by Crippen LogP contribution is 2.05. The minimum Gasteiger partial charge on any atom is -0.383 e. The van der Waals surface area contributed by atoms with Gasteiger partial charge < -0.3 is 14.8 Å². The van der Waals surface area contributed by atoms with Crippen molar-refractivity contribution in [1.29, 1.82) is 0 Å². The van der Waals surface area contributed by atoms with E-state index in [4.69, 9.17) is 9.47 Å². The minimum absolute atomic E-state index is 0.734. The first-order valence-corrected chi connectivity index (χ1v) is 7.08. The zero-order valence-corrected chi connectivity index (χ0v) is 12.4. The summed E-state index contributed by atoms with van der Waals surface area (Å²) < 4.78 is 12.5. The number of ether oxygens (including phenoxy) is 2. The normalized spacial score (nSPS) is 11.1. The predicted octanol–water partition coefficient (Wildman–Crippen LogP) is 1.74. The zero-order chi connectivity index (χ0) is 13.9. The van der Waals surface area contributed by atoms with Crippen molar-refractivity contribution in [3.8, 4) is 0 Å². The Bertz CT molecular complexity index is 339. The predicted molar refractivity (Wildman–Crippen MR) is 76.3 cm³/mol. The van der Waals surface area contributed by atoms with Crippen LogP contribution in [0.15, 0.2) is 6.20 Å². The van der Waals surface area contributed by atoms with Crippen molar-refractivity contribution in [2.24, 2.45) is 0 Å². The quantitative estimate of drug-likeness (QED) is 0.622. The molecule has 1 heterocycles. The Labute approximate surface area is 116 Å². The van der Waals surface area contributed by atoms with E-state index in [1.165, 1.54) is 12.0 Å². The molecule has 0 aromatic carbocycles. The maximum Gasteiger partial charge on any atom is 0.0662 e. The molecule has 5 heteroatoms. The van der Waals surface area contributed by atoms with E-state index in [1.54, 1.807) is 7.11 Å². The van der Waals surface area contributed by atoms with Crippen molar-refractivity contribution in [3.63, 3.8) is 0 Å². The molecule has 1 rings (SSSR count). The molecule has 0 unspecified atom stereocenters. The standard InChI is InChI=1S/C14H27N3O2/c1-4-5-8-19-10-7-17-12-14(13(2)16-17)11-15-6-9-18-3/h12,15H,4-11H2,1-3H3. The zero-order valence-electron chi connectivity index (χ0n) is 12.4. The van der Waals surface area contributed by atoms with Gasteiger partial charge in [-0.2, -0.15) is 5.10 Å². The molecule has 0 bridgehead atoms. The summed E-state index contributed by atoms with van der Waals surface area (Å²) in [4.78, 5) is 0. The third-order valence-electron chi connectivity index (χ3n) is 2.95. The molecule has 0 saturated carbocycles. The van der Waals surface area contributed by atoms with Crippen LogP contribution in [0.5, 0.6) is 0 Å². The molecule has 19 heavy (non-hydrogen) atoms. The molecule has 0 radical (unpaired) electrons. The van der Waals surface area contributed by atoms with Gasteiger partial charge in [0.1, 0.15) is 0 Å². The summed E-state index contributed by atoms with van der Waals surface area (Å²) in [7, 11) is 1.71. The first-order chi connectivity index (χ1) is 9.27. The van der Waals surface area contributed by atoms with Crippen LogP contribution in [0.25, 0.3) is 0 Å². The van der Waals surface area contributed by atoms with E-state index in [0.29, 0.717) is 0 Å². The molecule has 0 aliphatic carbocycles. The van der Waals surface area contributed by atoms with E-state index in [0.717, 1.165) is 51.6 Å². The molecule has 0 spiro atoms. The van der Waals surface area contributed by atoms with E-state index in [2.05, 4.69) is 23.5 Å². The van der Waals surface area contributed by atoms with Crippen LogP contribution in [-0.4, -0.2) is 43.3 Å². The highest BCUT2D eigenvalue weighted by Gasteiger charge is 2.04. The lowest BCUT2D eigenvalue weighted by atomic mass is 10.2. The Kier molecular flexibility index (Phi) is 8.45. The number of nitrogens with one attached hydrogen (secondary N) is 1. The van der Waals surface area contributed by atoms with Gasteiger partial charge in [0.05, 0.1) is 25.5 Å². The smallest absolute Gasteiger partial charge is 0.0662 e. The number of hydrogen-bond acceptors (Lipinski definition) is 4. The Morgan fingerprint density at radius 1 is 1.32 bits per heavy atom. The molecule has 0 saturated heterocycles. The summed E-state index contributed by atoms with van der Waals surface area (Å²) >= 11 is 0. The fourth-order valence-electron chi connectivity index (χ4n) is 1.75. The Hall–Kier alpha value is -0.910. The van der Waals surface area contributed by atoms with Gasteiger partial charge in [0, 0.05) is 38.6 Å². The van der Waals surface area contributed by atoms with Crippen molar-refractivity contribution in [2.45, 2.75) is 39.8 Å². The van der Waals surface area contributed by atoms with Gasteiger partial charge >= 0.3 is 0 Å². The van der Waals surface area contributed by atoms with Gasteiger partial charge in [0.15, 0.2) is 0 Å². The lowest BCUT2D eigenvalue weighted by Gasteiger charge is -2.03. The molecule has 110 valence electrons. The van der Waals surface area contributed by atoms with Crippen molar-refractivity contribution in [2.75, 3.05) is 33.5 Å². The second-order valence-corrected chi connectivity index (χ2v) is 4.64. The first-order valence-electron chi connectivity index (χ1n) is 7.08. The lowest BCUT2D eigenvalue weighted by Crippen LogP contribution is -2.18. The van der Waals surface area contributed by atoms with Gasteiger partial charge in [0.2, 0.25) is 0 Å². The fourth-order valence-corrected chi connectivity index (χ4v) is 1.75. The van der Waals surface area contributed by atoms with Crippen molar-refractivity contribution in [3.05, 3.63) is 17.5 Å². The second kappa shape index (κ2) is 9.95. The van der Waals surface area contributed by atoms with Crippen LogP contribution < -0.4 is 5.32 Å². The van der Waals surface area contributed by atoms with Gasteiger partial charge in [-0.15, -0.1) is 0 Å². The number of unbranched alkanes of at least 4 members (excludes halogenated alkanes) is 1. The number of hydrogen-bond donors (Lipinski definition) is 1. The van der Waals surface area contributed by atoms with Crippen molar-refractivity contribution < 1.29 is 9.47 Å². The SMILES string of the molecule is CCCCOCCn1cc(CNCCOC)c(C)n1. The first kappa shape index (κ1) is 16.1. The highest BCUT2D eigenvalue weighted by molar-refractivity contribution is 5.14. The van der Waals surface area contributed by atoms with Crippen molar-refractivity contribution in [1.82, 2.24) is 15.1 Å². The average molecular weight is 269 g/mol. The summed E-state index contributed by atoms with van der Waals surface area (Å²) in [5, 5.41) is 7.82. The van der Waals surface area contributed by atoms with E-state index in [-0.39, 0.29) is 0 Å². The minimum atomic E-state index is 0.734. The van der Waals surface area contributed by atoms with Gasteiger partial charge in [-0.3, -0.25) is 4.68 Å². The van der Waals surface area contributed by atoms with Crippen LogP contribution in [0.2, 0.25) is 0 Å². The third kappa shape index (κ3) is 6.71. The summed E-state index contributed by atoms with van der Waals surface area (Å²) in [6, 6.07) is 0. The van der Waals surface area contributed by atoms with Crippen LogP contribution in [0, 0.1) is 6.92 Å². The fraction of sp³-hybridized carbons (Fsp3) is 0.786. The van der Waals surface area contributed by atoms with Gasteiger partial charge in [0.25, 0.3) is 0 Å². The number of methoxy groups -OCH3 is 1. The summed E-state index contributed by atoms with van der Waals surface area (Å²) in [5.74, 6) is 0. The monoisotopic (exact) mass is 269 g/mol. The molecule has 1 aromatic heterocycles. The lowest BCUT2D eigenvalue weighted by molar-refractivity contribution is 0.121. The Morgan fingerprint density at radius 2 is 2.16 bits per heavy atom. The maximum absolute atomic E-state index is 5.55. The molecule has 1 aromatic rings. The van der Waals surface area contributed by atoms with Crippen LogP contribution in [-0.2, 0) is 22.6 Å². The molecule has 5 nitrogen and oxygen atoms in total. The van der Waals surface area contributed by atoms with E-state index in [1.807, 2.05) is 11.6 Å². The molecule has 0 fully saturated rings. The Balaban J connectivity index is 2.24. The molecule has 0 aliphatic rings. The summed E-state index contributed by atoms with van der Waals surface area (Å²) in [5.41, 5.74) is 2.32. The number of nitrogens with zero attached hydrogens (tertiary/aromatic N) is 2. The molecule has 1 N–H and O–H groups in total. The van der Waals surface area contributed by atoms with Crippen LogP contribution in [0.4, 0.5) is 0 Å². The van der Waals surface area contributed by atoms with Crippen LogP contribution in [0.3, 0.4) is 0 Å². The topological polar surface area (TPSA) is 48.3 Å².